The zero-order valence-corrected chi connectivity index (χ0v) is 22.5. The van der Waals surface area contributed by atoms with Crippen molar-refractivity contribution in [1.29, 1.82) is 0 Å². The van der Waals surface area contributed by atoms with Gasteiger partial charge in [-0.15, -0.1) is 4.91 Å². The number of nitroso groups, excluding NO2 is 1. The van der Waals surface area contributed by atoms with E-state index in [9.17, 15) is 19.2 Å². The second kappa shape index (κ2) is 12.8. The third kappa shape index (κ3) is 8.35. The number of benzene rings is 3. The Morgan fingerprint density at radius 1 is 1.05 bits per heavy atom. The van der Waals surface area contributed by atoms with E-state index in [1.807, 2.05) is 36.4 Å². The van der Waals surface area contributed by atoms with Gasteiger partial charge in [-0.25, -0.2) is 4.39 Å². The SMILES string of the molecule is CC(C)(F)CN1CCC(COc2ccc(-c3ccc(C(=O)NCCc4ccc(N=O)c(O)c4)cc3)cc2)CC1. The fourth-order valence-electron chi connectivity index (χ4n) is 4.84. The topological polar surface area (TPSA) is 91.2 Å². The van der Waals surface area contributed by atoms with Gasteiger partial charge in [-0.2, -0.15) is 0 Å². The number of nitrogens with zero attached hydrogens (tertiary/aromatic N) is 2. The van der Waals surface area contributed by atoms with E-state index in [1.165, 1.54) is 12.1 Å². The van der Waals surface area contributed by atoms with Crippen LogP contribution in [0.1, 0.15) is 42.6 Å². The summed E-state index contributed by atoms with van der Waals surface area (Å²) < 4.78 is 19.9. The number of phenolic OH excluding ortho intramolecular Hbond substituents is 1. The molecule has 3 aromatic carbocycles. The van der Waals surface area contributed by atoms with Gasteiger partial charge in [-0.05, 0) is 110 Å². The molecule has 0 saturated carbocycles. The summed E-state index contributed by atoms with van der Waals surface area (Å²) in [4.78, 5) is 25.3. The molecule has 206 valence electrons. The lowest BCUT2D eigenvalue weighted by Gasteiger charge is -2.34. The number of hydrogen-bond donors (Lipinski definition) is 2. The molecule has 1 fully saturated rings. The van der Waals surface area contributed by atoms with Crippen LogP contribution in [0.25, 0.3) is 11.1 Å². The lowest BCUT2D eigenvalue weighted by molar-refractivity contribution is 0.0836. The molecule has 7 nitrogen and oxygen atoms in total. The molecule has 0 spiro atoms. The van der Waals surface area contributed by atoms with Gasteiger partial charge in [0, 0.05) is 18.7 Å². The van der Waals surface area contributed by atoms with Crippen LogP contribution in [0.4, 0.5) is 10.1 Å². The Morgan fingerprint density at radius 2 is 1.69 bits per heavy atom. The molecule has 3 aromatic rings. The van der Waals surface area contributed by atoms with E-state index in [-0.39, 0.29) is 17.3 Å². The molecule has 8 heteroatoms. The highest BCUT2D eigenvalue weighted by Gasteiger charge is 2.25. The number of hydrogen-bond acceptors (Lipinski definition) is 6. The summed E-state index contributed by atoms with van der Waals surface area (Å²) in [5, 5.41) is 15.3. The van der Waals surface area contributed by atoms with Crippen molar-refractivity contribution in [3.8, 4) is 22.6 Å². The Hall–Kier alpha value is -3.78. The molecule has 39 heavy (non-hydrogen) atoms. The summed E-state index contributed by atoms with van der Waals surface area (Å²) >= 11 is 0. The van der Waals surface area contributed by atoms with Crippen molar-refractivity contribution in [3.05, 3.63) is 82.8 Å². The van der Waals surface area contributed by atoms with E-state index >= 15 is 0 Å². The van der Waals surface area contributed by atoms with Gasteiger partial charge in [0.15, 0.2) is 0 Å². The van der Waals surface area contributed by atoms with Crippen molar-refractivity contribution in [2.75, 3.05) is 32.8 Å². The summed E-state index contributed by atoms with van der Waals surface area (Å²) in [5.41, 5.74) is 2.23. The molecule has 0 bridgehead atoms. The van der Waals surface area contributed by atoms with Crippen molar-refractivity contribution in [2.45, 2.75) is 38.8 Å². The molecular weight excluding hydrogens is 497 g/mol. The van der Waals surface area contributed by atoms with Crippen molar-refractivity contribution in [1.82, 2.24) is 10.2 Å². The summed E-state index contributed by atoms with van der Waals surface area (Å²) in [5.74, 6) is 0.960. The van der Waals surface area contributed by atoms with Gasteiger partial charge in [0.1, 0.15) is 22.9 Å². The number of amides is 1. The van der Waals surface area contributed by atoms with Gasteiger partial charge in [-0.3, -0.25) is 4.79 Å². The van der Waals surface area contributed by atoms with E-state index in [4.69, 9.17) is 4.74 Å². The van der Waals surface area contributed by atoms with Crippen molar-refractivity contribution >= 4 is 11.6 Å². The average molecular weight is 534 g/mol. The minimum absolute atomic E-state index is 0.00241. The molecule has 0 radical (unpaired) electrons. The van der Waals surface area contributed by atoms with Crippen LogP contribution >= 0.6 is 0 Å². The number of carbonyl (C=O) groups excluding carboxylic acids is 1. The maximum Gasteiger partial charge on any atom is 0.251 e. The van der Waals surface area contributed by atoms with Gasteiger partial charge in [0.05, 0.1) is 6.61 Å². The van der Waals surface area contributed by atoms with Gasteiger partial charge < -0.3 is 20.1 Å². The summed E-state index contributed by atoms with van der Waals surface area (Å²) in [7, 11) is 0. The number of halogens is 1. The lowest BCUT2D eigenvalue weighted by Crippen LogP contribution is -2.41. The largest absolute Gasteiger partial charge is 0.506 e. The van der Waals surface area contributed by atoms with Crippen LogP contribution in [0.2, 0.25) is 0 Å². The Morgan fingerprint density at radius 3 is 2.28 bits per heavy atom. The van der Waals surface area contributed by atoms with E-state index in [0.29, 0.717) is 37.6 Å². The molecule has 1 aliphatic rings. The van der Waals surface area contributed by atoms with Crippen LogP contribution in [-0.4, -0.2) is 54.4 Å². The molecule has 2 N–H and O–H groups in total. The number of alkyl halides is 1. The third-order valence-corrected chi connectivity index (χ3v) is 6.96. The smallest absolute Gasteiger partial charge is 0.251 e. The van der Waals surface area contributed by atoms with E-state index in [0.717, 1.165) is 48.4 Å². The quantitative estimate of drug-likeness (QED) is 0.284. The van der Waals surface area contributed by atoms with Crippen molar-refractivity contribution < 1.29 is 19.0 Å². The number of ether oxygens (including phenoxy) is 1. The van der Waals surface area contributed by atoms with E-state index < -0.39 is 5.67 Å². The Kier molecular flexibility index (Phi) is 9.30. The predicted molar refractivity (Wildman–Crippen MR) is 151 cm³/mol. The zero-order valence-electron chi connectivity index (χ0n) is 22.5. The minimum atomic E-state index is -1.16. The Bertz CT molecular complexity index is 1250. The van der Waals surface area contributed by atoms with Crippen LogP contribution in [0.3, 0.4) is 0 Å². The Labute approximate surface area is 229 Å². The van der Waals surface area contributed by atoms with Crippen molar-refractivity contribution in [3.63, 3.8) is 0 Å². The fraction of sp³-hybridized carbons (Fsp3) is 0.387. The van der Waals surface area contributed by atoms with Crippen LogP contribution < -0.4 is 10.1 Å². The maximum atomic E-state index is 13.9. The second-order valence-corrected chi connectivity index (χ2v) is 10.8. The van der Waals surface area contributed by atoms with E-state index in [1.54, 1.807) is 32.0 Å². The number of rotatable bonds is 11. The van der Waals surface area contributed by atoms with E-state index in [2.05, 4.69) is 15.4 Å². The van der Waals surface area contributed by atoms with Gasteiger partial charge in [0.2, 0.25) is 0 Å². The standard InChI is InChI=1S/C31H36FN3O4/c1-31(2,32)21-35-17-14-23(15-18-35)20-39-27-10-8-25(9-11-27)24-4-6-26(7-5-24)30(37)33-16-13-22-3-12-28(34-38)29(36)19-22/h3-12,19,23,36H,13-18,20-21H2,1-2H3,(H,33,37). The van der Waals surface area contributed by atoms with Crippen LogP contribution in [0.5, 0.6) is 11.5 Å². The Balaban J connectivity index is 1.21. The molecule has 1 aliphatic heterocycles. The maximum absolute atomic E-state index is 13.9. The first-order valence-corrected chi connectivity index (χ1v) is 13.4. The summed E-state index contributed by atoms with van der Waals surface area (Å²) in [6.07, 6.45) is 2.55. The van der Waals surface area contributed by atoms with Crippen LogP contribution in [0, 0.1) is 10.8 Å². The first kappa shape index (κ1) is 28.2. The number of nitrogens with one attached hydrogen (secondary N) is 1. The monoisotopic (exact) mass is 533 g/mol. The first-order valence-electron chi connectivity index (χ1n) is 13.4. The highest BCUT2D eigenvalue weighted by atomic mass is 19.1. The first-order chi connectivity index (χ1) is 18.7. The minimum Gasteiger partial charge on any atom is -0.506 e. The molecule has 4 rings (SSSR count). The molecule has 1 amide bonds. The molecular formula is C31H36FN3O4. The lowest BCUT2D eigenvalue weighted by atomic mass is 9.97. The second-order valence-electron chi connectivity index (χ2n) is 10.8. The number of piperidine rings is 1. The normalized spacial score (nSPS) is 14.6. The van der Waals surface area contributed by atoms with Gasteiger partial charge >= 0.3 is 0 Å². The predicted octanol–water partition coefficient (Wildman–Crippen LogP) is 6.27. The number of aromatic hydroxyl groups is 1. The summed E-state index contributed by atoms with van der Waals surface area (Å²) in [6.45, 7) is 6.62. The van der Waals surface area contributed by atoms with Gasteiger partial charge in [0.25, 0.3) is 5.91 Å². The number of carbonyl (C=O) groups is 1. The molecule has 0 aromatic heterocycles. The summed E-state index contributed by atoms with van der Waals surface area (Å²) in [6, 6.07) is 20.0. The molecule has 1 heterocycles. The number of likely N-dealkylation sites (tertiary alicyclic amines) is 1. The molecule has 0 aliphatic carbocycles. The average Bonchev–Trinajstić information content (AvgIpc) is 2.92. The van der Waals surface area contributed by atoms with Crippen molar-refractivity contribution in [2.24, 2.45) is 11.1 Å². The van der Waals surface area contributed by atoms with Gasteiger partial charge in [-0.1, -0.05) is 30.3 Å². The third-order valence-electron chi connectivity index (χ3n) is 6.96. The number of phenols is 1. The highest BCUT2D eigenvalue weighted by molar-refractivity contribution is 5.94. The van der Waals surface area contributed by atoms with Crippen LogP contribution in [0.15, 0.2) is 71.9 Å². The zero-order chi connectivity index (χ0) is 27.8. The molecule has 1 saturated heterocycles. The molecule has 0 atom stereocenters. The fourth-order valence-corrected chi connectivity index (χ4v) is 4.84. The molecule has 0 unspecified atom stereocenters. The highest BCUT2D eigenvalue weighted by Crippen LogP contribution is 2.27. The van der Waals surface area contributed by atoms with Crippen LogP contribution in [-0.2, 0) is 6.42 Å².